The minimum Gasteiger partial charge on any atom is -0.465 e. The van der Waals surface area contributed by atoms with Gasteiger partial charge in [0.05, 0.1) is 14.8 Å². The highest BCUT2D eigenvalue weighted by Gasteiger charge is 2.11. The van der Waals surface area contributed by atoms with E-state index in [0.29, 0.717) is 0 Å². The minimum atomic E-state index is -0.491. The van der Waals surface area contributed by atoms with Crippen LogP contribution in [0.15, 0.2) is 0 Å². The van der Waals surface area contributed by atoms with E-state index in [0.717, 1.165) is 14.1 Å². The quantitative estimate of drug-likeness (QED) is 0.256. The lowest BCUT2D eigenvalue weighted by molar-refractivity contribution is 0.578. The summed E-state index contributed by atoms with van der Waals surface area (Å²) in [6.45, 7) is -0.491. The molecule has 0 aliphatic heterocycles. The van der Waals surface area contributed by atoms with E-state index in [1.807, 2.05) is 0 Å². The van der Waals surface area contributed by atoms with Crippen LogP contribution in [0.25, 0.3) is 0 Å². The Balaban J connectivity index is 2.92. The topological polar surface area (TPSA) is 40.5 Å². The van der Waals surface area contributed by atoms with Crippen LogP contribution in [0.1, 0.15) is 0 Å². The molecule has 0 aliphatic carbocycles. The van der Waals surface area contributed by atoms with Gasteiger partial charge in [-0.2, -0.15) is 0 Å². The van der Waals surface area contributed by atoms with Gasteiger partial charge in [0.15, 0.2) is 0 Å². The normalized spacial score (nSPS) is 7.57. The Morgan fingerprint density at radius 3 is 1.86 bits per heavy atom. The summed E-state index contributed by atoms with van der Waals surface area (Å²) < 4.78 is 0. The van der Waals surface area contributed by atoms with Crippen molar-refractivity contribution in [3.8, 4) is 0 Å². The molecule has 0 spiro atoms. The van der Waals surface area contributed by atoms with Crippen molar-refractivity contribution in [2.75, 3.05) is 0 Å². The summed E-state index contributed by atoms with van der Waals surface area (Å²) in [7, 11) is 13.2. The summed E-state index contributed by atoms with van der Waals surface area (Å²) >= 11 is 0. The van der Waals surface area contributed by atoms with Gasteiger partial charge in [-0.3, -0.25) is 0 Å². The molecule has 0 bridgehead atoms. The fourth-order valence-corrected chi connectivity index (χ4v) is 1.61. The molecule has 0 unspecified atom stereocenters. The lowest BCUT2D eigenvalue weighted by atomic mass is 8.86. The van der Waals surface area contributed by atoms with E-state index < -0.39 is 6.70 Å². The molecular formula is H14B12O2. The van der Waals surface area contributed by atoms with Crippen molar-refractivity contribution in [2.45, 2.75) is 0 Å². The Morgan fingerprint density at radius 1 is 0.857 bits per heavy atom. The smallest absolute Gasteiger partial charge is 0.260 e. The molecule has 0 heterocycles. The van der Waals surface area contributed by atoms with Crippen LogP contribution in [0.2, 0.25) is 0 Å². The van der Waals surface area contributed by atoms with E-state index in [1.54, 1.807) is 0 Å². The van der Waals surface area contributed by atoms with Crippen molar-refractivity contribution < 1.29 is 10.0 Å². The monoisotopic (exact) mass is 178 g/mol. The van der Waals surface area contributed by atoms with Crippen molar-refractivity contribution >= 4 is 85.4 Å². The summed E-state index contributed by atoms with van der Waals surface area (Å²) in [6, 6.07) is 0. The van der Waals surface area contributed by atoms with Crippen LogP contribution in [0.3, 0.4) is 0 Å². The summed E-state index contributed by atoms with van der Waals surface area (Å²) in [4.78, 5) is 0. The fourth-order valence-electron chi connectivity index (χ4n) is 1.61. The second-order valence-corrected chi connectivity index (χ2v) is 4.10. The average Bonchev–Trinajstić information content (AvgIpc) is 2.21. The van der Waals surface area contributed by atoms with E-state index in [4.69, 9.17) is 10.0 Å². The zero-order valence-electron chi connectivity index (χ0n) is 9.54. The molecule has 0 aliphatic rings. The van der Waals surface area contributed by atoms with Gasteiger partial charge in [0.1, 0.15) is 0 Å². The van der Waals surface area contributed by atoms with Crippen molar-refractivity contribution in [2.24, 2.45) is 0 Å². The molecule has 0 fully saturated rings. The molecule has 0 saturated heterocycles. The van der Waals surface area contributed by atoms with Crippen molar-refractivity contribution in [3.05, 3.63) is 0 Å². The molecule has 0 atom stereocenters. The maximum atomic E-state index is 9.08. The molecule has 0 aromatic rings. The van der Waals surface area contributed by atoms with Gasteiger partial charge in [0, 0.05) is 56.5 Å². The van der Waals surface area contributed by atoms with E-state index in [9.17, 15) is 0 Å². The third kappa shape index (κ3) is 10.8. The Hall–Kier alpha value is 0.699. The number of hydrogen-bond acceptors (Lipinski definition) is 2. The maximum absolute atomic E-state index is 9.08. The number of hydrogen-bond donors (Lipinski definition) is 2. The Bertz CT molecular complexity index is 104. The molecule has 2 N–H and O–H groups in total. The zero-order valence-corrected chi connectivity index (χ0v) is 9.54. The lowest BCUT2D eigenvalue weighted by Gasteiger charge is -1.96. The van der Waals surface area contributed by atoms with E-state index >= 15 is 0 Å². The van der Waals surface area contributed by atoms with Crippen LogP contribution in [0.5, 0.6) is 0 Å². The Kier molecular flexibility index (Phi) is 12.4. The molecule has 0 saturated carbocycles. The maximum Gasteiger partial charge on any atom is 0.260 e. The van der Waals surface area contributed by atoms with Gasteiger partial charge in [-0.15, -0.1) is 0 Å². The summed E-state index contributed by atoms with van der Waals surface area (Å²) in [5, 5.41) is 17.7. The summed E-state index contributed by atoms with van der Waals surface area (Å²) in [5.74, 6) is 0. The largest absolute Gasteiger partial charge is 0.465 e. The predicted molar refractivity (Wildman–Crippen MR) is 90.2 cm³/mol. The van der Waals surface area contributed by atoms with Crippen LogP contribution in [-0.2, 0) is 0 Å². The zero-order chi connectivity index (χ0) is 10.6. The van der Waals surface area contributed by atoms with E-state index in [2.05, 4.69) is 7.74 Å². The Labute approximate surface area is 95.7 Å². The first-order valence-electron chi connectivity index (χ1n) is 6.10. The summed E-state index contributed by atoms with van der Waals surface area (Å²) in [6.07, 6.45) is 0. The minimum absolute atomic E-state index is 0.0868. The van der Waals surface area contributed by atoms with Gasteiger partial charge in [0.25, 0.3) is 7.37 Å². The molecule has 0 amide bonds. The van der Waals surface area contributed by atoms with Crippen molar-refractivity contribution in [1.82, 2.24) is 0 Å². The first kappa shape index (κ1) is 14.7. The average molecular weight is 176 g/mol. The van der Waals surface area contributed by atoms with Crippen LogP contribution in [0, 0.1) is 0 Å². The summed E-state index contributed by atoms with van der Waals surface area (Å²) in [5.41, 5.74) is 0. The van der Waals surface area contributed by atoms with Gasteiger partial charge >= 0.3 is 0 Å². The third-order valence-electron chi connectivity index (χ3n) is 2.60. The molecule has 2 nitrogen and oxygen atoms in total. The van der Waals surface area contributed by atoms with Crippen LogP contribution in [0.4, 0.5) is 0 Å². The first-order valence-corrected chi connectivity index (χ1v) is 6.10. The highest BCUT2D eigenvalue weighted by atomic mass is 16.2. The molecule has 14 heteroatoms. The highest BCUT2D eigenvalue weighted by molar-refractivity contribution is 7.71. The fraction of sp³-hybridized carbons (Fsp3) is 0. The van der Waals surface area contributed by atoms with Gasteiger partial charge in [-0.05, 0) is 0 Å². The molecule has 0 radical (unpaired) electrons. The second-order valence-electron chi connectivity index (χ2n) is 4.10. The molecule has 0 aromatic heterocycles. The lowest BCUT2D eigenvalue weighted by Crippen LogP contribution is -2.39. The van der Waals surface area contributed by atoms with Crippen LogP contribution >= 0.6 is 0 Å². The van der Waals surface area contributed by atoms with E-state index in [-0.39, 0.29) is 7.37 Å². The molecule has 62 valence electrons. The second kappa shape index (κ2) is 11.8. The number of rotatable bonds is 10. The third-order valence-corrected chi connectivity index (χ3v) is 2.60. The van der Waals surface area contributed by atoms with E-state index in [1.165, 1.54) is 49.4 Å². The molecule has 0 aromatic carbocycles. The Morgan fingerprint density at radius 2 is 1.36 bits per heavy atom. The predicted octanol–water partition coefficient (Wildman–Crippen LogP) is -8.90. The molecule has 0 rings (SSSR count). The van der Waals surface area contributed by atoms with Crippen molar-refractivity contribution in [1.29, 1.82) is 0 Å². The van der Waals surface area contributed by atoms with Crippen LogP contribution in [-0.4, -0.2) is 95.4 Å². The first-order chi connectivity index (χ1) is 6.81. The van der Waals surface area contributed by atoms with Gasteiger partial charge in [-0.1, -0.05) is 0 Å². The van der Waals surface area contributed by atoms with Gasteiger partial charge in [-0.25, -0.2) is 0 Å². The standard InChI is InChI=1S/B12H14O2/c1-2-3-4-5-6-7-8-9-10-12(14)11-13/h2-11,13-14H,1H2. The highest BCUT2D eigenvalue weighted by Crippen LogP contribution is 1.65. The van der Waals surface area contributed by atoms with Gasteiger partial charge < -0.3 is 10.0 Å². The SMILES string of the molecule is BBBBBBBBBBB(O)BO. The van der Waals surface area contributed by atoms with Crippen molar-refractivity contribution in [3.63, 3.8) is 0 Å². The van der Waals surface area contributed by atoms with Gasteiger partial charge in [0.2, 0.25) is 6.70 Å². The molecule has 14 heavy (non-hydrogen) atoms. The molecular weight excluding hydrogens is 162 g/mol. The van der Waals surface area contributed by atoms with Crippen LogP contribution < -0.4 is 0 Å².